The van der Waals surface area contributed by atoms with Crippen LogP contribution in [0.2, 0.25) is 0 Å². The summed E-state index contributed by atoms with van der Waals surface area (Å²) in [4.78, 5) is 36.9. The number of nitro benzene ring substituents is 1. The largest absolute Gasteiger partial charge is 0.316 e. The molecule has 0 aliphatic heterocycles. The number of carbonyl (C=O) groups excluding carboxylic acids is 2. The zero-order chi connectivity index (χ0) is 21.9. The number of anilines is 1. The van der Waals surface area contributed by atoms with Gasteiger partial charge >= 0.3 is 0 Å². The highest BCUT2D eigenvalue weighted by Gasteiger charge is 2.24. The number of rotatable bonds is 5. The van der Waals surface area contributed by atoms with Gasteiger partial charge in [-0.3, -0.25) is 19.7 Å². The fourth-order valence-electron chi connectivity index (χ4n) is 3.07. The van der Waals surface area contributed by atoms with Crippen molar-refractivity contribution in [1.82, 2.24) is 0 Å². The molecule has 152 valence electrons. The summed E-state index contributed by atoms with van der Waals surface area (Å²) in [5.41, 5.74) is 1.24. The summed E-state index contributed by atoms with van der Waals surface area (Å²) >= 11 is 0. The number of carbonyl (C=O) groups is 2. The van der Waals surface area contributed by atoms with Crippen LogP contribution in [0.25, 0.3) is 0 Å². The Morgan fingerprint density at radius 2 is 1.47 bits per heavy atom. The highest BCUT2D eigenvalue weighted by atomic mass is 16.6. The number of nitro groups is 1. The zero-order valence-corrected chi connectivity index (χ0v) is 17.0. The topological polar surface area (TPSA) is 89.3 Å². The molecule has 0 unspecified atom stereocenters. The Kier molecular flexibility index (Phi) is 5.78. The van der Waals surface area contributed by atoms with E-state index in [0.29, 0.717) is 5.56 Å². The van der Waals surface area contributed by atoms with E-state index in [2.05, 4.69) is 5.32 Å². The van der Waals surface area contributed by atoms with E-state index in [4.69, 9.17) is 0 Å². The van der Waals surface area contributed by atoms with Crippen LogP contribution in [0.4, 0.5) is 11.4 Å². The van der Waals surface area contributed by atoms with Gasteiger partial charge in [-0.1, -0.05) is 75.4 Å². The Hall–Kier alpha value is -3.80. The Morgan fingerprint density at radius 1 is 0.867 bits per heavy atom. The van der Waals surface area contributed by atoms with E-state index >= 15 is 0 Å². The molecular weight excluding hydrogens is 380 g/mol. The van der Waals surface area contributed by atoms with Gasteiger partial charge < -0.3 is 5.32 Å². The van der Waals surface area contributed by atoms with Crippen LogP contribution in [0.3, 0.4) is 0 Å². The monoisotopic (exact) mass is 402 g/mol. The van der Waals surface area contributed by atoms with Crippen molar-refractivity contribution >= 4 is 23.1 Å². The summed E-state index contributed by atoms with van der Waals surface area (Å²) in [7, 11) is 0. The second-order valence-electron chi connectivity index (χ2n) is 7.93. The van der Waals surface area contributed by atoms with Crippen LogP contribution < -0.4 is 5.32 Å². The Balaban J connectivity index is 1.96. The van der Waals surface area contributed by atoms with Crippen molar-refractivity contribution < 1.29 is 14.5 Å². The van der Waals surface area contributed by atoms with Crippen LogP contribution in [-0.2, 0) is 5.41 Å². The Morgan fingerprint density at radius 3 is 2.07 bits per heavy atom. The second-order valence-corrected chi connectivity index (χ2v) is 7.93. The van der Waals surface area contributed by atoms with Crippen molar-refractivity contribution in [3.63, 3.8) is 0 Å². The lowest BCUT2D eigenvalue weighted by atomic mass is 9.86. The molecule has 1 N–H and O–H groups in total. The molecule has 0 fully saturated rings. The standard InChI is InChI=1S/C24H22N2O4/c1-24(2,3)17-13-14-20(21(15-17)26(29)30)25-23(28)19-12-8-7-11-18(19)22(27)16-9-5-4-6-10-16/h4-15H,1-3H3,(H,25,28). The SMILES string of the molecule is CC(C)(C)c1ccc(NC(=O)c2ccccc2C(=O)c2ccccc2)c([N+](=O)[O-])c1. The van der Waals surface area contributed by atoms with Crippen LogP contribution in [-0.4, -0.2) is 16.6 Å². The smallest absolute Gasteiger partial charge is 0.293 e. The summed E-state index contributed by atoms with van der Waals surface area (Å²) in [6.45, 7) is 5.86. The van der Waals surface area contributed by atoms with Crippen molar-refractivity contribution in [2.24, 2.45) is 0 Å². The van der Waals surface area contributed by atoms with Gasteiger partial charge in [0.2, 0.25) is 0 Å². The van der Waals surface area contributed by atoms with Crippen molar-refractivity contribution in [2.75, 3.05) is 5.32 Å². The van der Waals surface area contributed by atoms with Gasteiger partial charge in [0.25, 0.3) is 11.6 Å². The fourth-order valence-corrected chi connectivity index (χ4v) is 3.07. The van der Waals surface area contributed by atoms with Crippen LogP contribution in [0.5, 0.6) is 0 Å². The molecule has 0 bridgehead atoms. The van der Waals surface area contributed by atoms with E-state index < -0.39 is 10.8 Å². The van der Waals surface area contributed by atoms with Gasteiger partial charge in [0.15, 0.2) is 5.78 Å². The van der Waals surface area contributed by atoms with Crippen LogP contribution in [0.15, 0.2) is 72.8 Å². The molecule has 0 atom stereocenters. The minimum Gasteiger partial charge on any atom is -0.316 e. The molecule has 0 saturated heterocycles. The van der Waals surface area contributed by atoms with E-state index in [9.17, 15) is 19.7 Å². The minimum absolute atomic E-state index is 0.0833. The first-order valence-corrected chi connectivity index (χ1v) is 9.47. The van der Waals surface area contributed by atoms with Crippen molar-refractivity contribution in [3.05, 3.63) is 105 Å². The molecule has 6 nitrogen and oxygen atoms in total. The van der Waals surface area contributed by atoms with Gasteiger partial charge in [0.1, 0.15) is 5.69 Å². The maximum Gasteiger partial charge on any atom is 0.293 e. The molecule has 0 heterocycles. The number of ketones is 1. The zero-order valence-electron chi connectivity index (χ0n) is 17.0. The molecule has 0 aliphatic rings. The summed E-state index contributed by atoms with van der Waals surface area (Å²) in [6.07, 6.45) is 0. The summed E-state index contributed by atoms with van der Waals surface area (Å²) < 4.78 is 0. The van der Waals surface area contributed by atoms with Crippen molar-refractivity contribution in [3.8, 4) is 0 Å². The summed E-state index contributed by atoms with van der Waals surface area (Å²) in [5, 5.41) is 14.2. The Bertz CT molecular complexity index is 1120. The third-order valence-electron chi connectivity index (χ3n) is 4.76. The molecule has 0 radical (unpaired) electrons. The minimum atomic E-state index is -0.582. The second kappa shape index (κ2) is 8.29. The van der Waals surface area contributed by atoms with Crippen molar-refractivity contribution in [1.29, 1.82) is 0 Å². The molecule has 3 aromatic carbocycles. The Labute approximate surface area is 174 Å². The molecule has 0 spiro atoms. The molecule has 3 rings (SSSR count). The lowest BCUT2D eigenvalue weighted by Gasteiger charge is -2.19. The number of hydrogen-bond acceptors (Lipinski definition) is 4. The van der Waals surface area contributed by atoms with Gasteiger partial charge in [-0.15, -0.1) is 0 Å². The summed E-state index contributed by atoms with van der Waals surface area (Å²) in [6, 6.07) is 19.8. The fraction of sp³-hybridized carbons (Fsp3) is 0.167. The van der Waals surface area contributed by atoms with Gasteiger partial charge in [-0.2, -0.15) is 0 Å². The molecular formula is C24H22N2O4. The van der Waals surface area contributed by atoms with Crippen LogP contribution in [0, 0.1) is 10.1 Å². The number of nitrogens with zero attached hydrogens (tertiary/aromatic N) is 1. The summed E-state index contributed by atoms with van der Waals surface area (Å²) in [5.74, 6) is -0.875. The van der Waals surface area contributed by atoms with E-state index in [1.54, 1.807) is 54.6 Å². The maximum absolute atomic E-state index is 12.9. The van der Waals surface area contributed by atoms with E-state index in [1.807, 2.05) is 20.8 Å². The van der Waals surface area contributed by atoms with Gasteiger partial charge in [-0.25, -0.2) is 0 Å². The third-order valence-corrected chi connectivity index (χ3v) is 4.76. The first-order valence-electron chi connectivity index (χ1n) is 9.47. The lowest BCUT2D eigenvalue weighted by Crippen LogP contribution is -2.18. The molecule has 6 heteroatoms. The van der Waals surface area contributed by atoms with Crippen molar-refractivity contribution in [2.45, 2.75) is 26.2 Å². The van der Waals surface area contributed by atoms with Gasteiger partial charge in [0, 0.05) is 17.2 Å². The van der Waals surface area contributed by atoms with Crippen LogP contribution in [0.1, 0.15) is 52.6 Å². The normalized spacial score (nSPS) is 11.0. The third kappa shape index (κ3) is 4.43. The van der Waals surface area contributed by atoms with Gasteiger partial charge in [0.05, 0.1) is 10.5 Å². The molecule has 30 heavy (non-hydrogen) atoms. The predicted molar refractivity (Wildman–Crippen MR) is 116 cm³/mol. The highest BCUT2D eigenvalue weighted by molar-refractivity contribution is 6.17. The molecule has 0 aliphatic carbocycles. The van der Waals surface area contributed by atoms with E-state index in [1.165, 1.54) is 18.2 Å². The number of benzene rings is 3. The number of hydrogen-bond donors (Lipinski definition) is 1. The first-order chi connectivity index (χ1) is 14.2. The van der Waals surface area contributed by atoms with E-state index in [-0.39, 0.29) is 33.7 Å². The maximum atomic E-state index is 12.9. The molecule has 0 aromatic heterocycles. The number of amides is 1. The number of nitrogens with one attached hydrogen (secondary N) is 1. The average molecular weight is 402 g/mol. The van der Waals surface area contributed by atoms with Gasteiger partial charge in [-0.05, 0) is 23.1 Å². The van der Waals surface area contributed by atoms with E-state index in [0.717, 1.165) is 5.56 Å². The predicted octanol–water partition coefficient (Wildman–Crippen LogP) is 5.38. The first kappa shape index (κ1) is 20.9. The highest BCUT2D eigenvalue weighted by Crippen LogP contribution is 2.32. The molecule has 0 saturated carbocycles. The lowest BCUT2D eigenvalue weighted by molar-refractivity contribution is -0.384. The molecule has 1 amide bonds. The quantitative estimate of drug-likeness (QED) is 0.353. The van der Waals surface area contributed by atoms with Crippen LogP contribution >= 0.6 is 0 Å². The molecule has 3 aromatic rings. The average Bonchev–Trinajstić information content (AvgIpc) is 2.73.